The van der Waals surface area contributed by atoms with Crippen LogP contribution in [-0.4, -0.2) is 47.8 Å². The van der Waals surface area contributed by atoms with E-state index in [1.165, 1.54) is 24.3 Å². The molecule has 0 bridgehead atoms. The second-order valence-corrected chi connectivity index (χ2v) is 9.52. The molecule has 0 spiro atoms. The van der Waals surface area contributed by atoms with Crippen molar-refractivity contribution in [3.8, 4) is 0 Å². The number of hydrogen-bond donors (Lipinski definition) is 2. The Morgan fingerprint density at radius 3 is 2.29 bits per heavy atom. The fourth-order valence-corrected chi connectivity index (χ4v) is 5.00. The molecule has 3 atom stereocenters. The van der Waals surface area contributed by atoms with Crippen molar-refractivity contribution in [1.82, 2.24) is 15.5 Å². The summed E-state index contributed by atoms with van der Waals surface area (Å²) in [6, 6.07) is 11.9. The number of benzene rings is 2. The molecule has 1 aliphatic heterocycles. The van der Waals surface area contributed by atoms with E-state index in [1.54, 1.807) is 29.2 Å². The van der Waals surface area contributed by atoms with Gasteiger partial charge in [-0.2, -0.15) is 0 Å². The Labute approximate surface area is 203 Å². The van der Waals surface area contributed by atoms with E-state index in [0.29, 0.717) is 35.7 Å². The van der Waals surface area contributed by atoms with E-state index in [2.05, 4.69) is 10.6 Å². The fourth-order valence-electron chi connectivity index (χ4n) is 4.81. The Bertz CT molecular complexity index is 1050. The quantitative estimate of drug-likeness (QED) is 0.666. The molecule has 180 valence electrons. The molecule has 1 heterocycles. The van der Waals surface area contributed by atoms with E-state index in [4.69, 9.17) is 11.6 Å². The Morgan fingerprint density at radius 2 is 1.59 bits per heavy atom. The van der Waals surface area contributed by atoms with Crippen molar-refractivity contribution in [2.45, 2.75) is 50.6 Å². The van der Waals surface area contributed by atoms with Crippen LogP contribution in [0.1, 0.15) is 59.2 Å². The Balaban J connectivity index is 1.36. The summed E-state index contributed by atoms with van der Waals surface area (Å²) >= 11 is 6.03. The Hall–Kier alpha value is -2.93. The van der Waals surface area contributed by atoms with E-state index in [-0.39, 0.29) is 35.7 Å². The molecular weight excluding hydrogens is 457 g/mol. The first-order valence-corrected chi connectivity index (χ1v) is 12.2. The first kappa shape index (κ1) is 24.2. The van der Waals surface area contributed by atoms with Crippen LogP contribution in [0.4, 0.5) is 4.39 Å². The van der Waals surface area contributed by atoms with E-state index in [0.717, 1.165) is 32.1 Å². The van der Waals surface area contributed by atoms with Crippen LogP contribution in [0.2, 0.25) is 5.02 Å². The number of nitrogens with one attached hydrogen (secondary N) is 2. The van der Waals surface area contributed by atoms with Gasteiger partial charge in [0, 0.05) is 41.3 Å². The van der Waals surface area contributed by atoms with Gasteiger partial charge in [-0.3, -0.25) is 14.4 Å². The third-order valence-corrected chi connectivity index (χ3v) is 6.90. The first-order chi connectivity index (χ1) is 16.4. The van der Waals surface area contributed by atoms with Gasteiger partial charge in [0.1, 0.15) is 5.82 Å². The maximum absolute atomic E-state index is 13.2. The SMILES string of the molecule is O=C(N[C@@H]1CCCC[C@H]1NC(=O)C1CCCN(C(=O)c2cccc(Cl)c2)C1)c1ccc(F)cc1. The second-order valence-electron chi connectivity index (χ2n) is 9.09. The largest absolute Gasteiger partial charge is 0.351 e. The number of carbonyl (C=O) groups is 3. The van der Waals surface area contributed by atoms with E-state index in [9.17, 15) is 18.8 Å². The van der Waals surface area contributed by atoms with Crippen LogP contribution in [0.3, 0.4) is 0 Å². The molecule has 8 heteroatoms. The minimum atomic E-state index is -0.394. The molecule has 1 saturated heterocycles. The normalized spacial score (nSPS) is 22.6. The molecule has 2 aliphatic rings. The number of hydrogen-bond acceptors (Lipinski definition) is 3. The highest BCUT2D eigenvalue weighted by Crippen LogP contribution is 2.23. The van der Waals surface area contributed by atoms with Gasteiger partial charge in [0.15, 0.2) is 0 Å². The second kappa shape index (κ2) is 11.0. The lowest BCUT2D eigenvalue weighted by Gasteiger charge is -2.36. The summed E-state index contributed by atoms with van der Waals surface area (Å²) in [4.78, 5) is 40.4. The van der Waals surface area contributed by atoms with Crippen LogP contribution in [-0.2, 0) is 4.79 Å². The van der Waals surface area contributed by atoms with Crippen molar-refractivity contribution in [3.05, 3.63) is 70.5 Å². The van der Waals surface area contributed by atoms with Gasteiger partial charge in [-0.15, -0.1) is 0 Å². The van der Waals surface area contributed by atoms with Gasteiger partial charge in [0.05, 0.1) is 5.92 Å². The van der Waals surface area contributed by atoms with Crippen LogP contribution >= 0.6 is 11.6 Å². The minimum absolute atomic E-state index is 0.0866. The lowest BCUT2D eigenvalue weighted by Crippen LogP contribution is -2.55. The van der Waals surface area contributed by atoms with E-state index >= 15 is 0 Å². The standard InChI is InChI=1S/C26H29ClFN3O3/c27-20-7-3-5-18(15-20)26(34)31-14-4-6-19(16-31)25(33)30-23-9-2-1-8-22(23)29-24(32)17-10-12-21(28)13-11-17/h3,5,7,10-13,15,19,22-23H,1-2,4,6,8-9,14,16H2,(H,29,32)(H,30,33)/t19?,22-,23-/m1/s1. The van der Waals surface area contributed by atoms with Gasteiger partial charge in [-0.25, -0.2) is 4.39 Å². The van der Waals surface area contributed by atoms with Crippen molar-refractivity contribution in [2.24, 2.45) is 5.92 Å². The molecule has 1 aliphatic carbocycles. The fraction of sp³-hybridized carbons (Fsp3) is 0.423. The molecule has 0 aromatic heterocycles. The Kier molecular flexibility index (Phi) is 7.83. The molecule has 2 fully saturated rings. The van der Waals surface area contributed by atoms with Crippen LogP contribution < -0.4 is 10.6 Å². The number of halogens is 2. The van der Waals surface area contributed by atoms with Gasteiger partial charge < -0.3 is 15.5 Å². The zero-order valence-electron chi connectivity index (χ0n) is 18.9. The van der Waals surface area contributed by atoms with Gasteiger partial charge in [0.2, 0.25) is 5.91 Å². The summed E-state index contributed by atoms with van der Waals surface area (Å²) in [6.07, 6.45) is 4.94. The predicted molar refractivity (Wildman–Crippen MR) is 128 cm³/mol. The third kappa shape index (κ3) is 5.95. The maximum atomic E-state index is 13.2. The molecule has 2 aromatic rings. The molecule has 1 unspecified atom stereocenters. The number of amides is 3. The van der Waals surface area contributed by atoms with Crippen LogP contribution in [0, 0.1) is 11.7 Å². The van der Waals surface area contributed by atoms with Crippen molar-refractivity contribution < 1.29 is 18.8 Å². The molecular formula is C26H29ClFN3O3. The molecule has 6 nitrogen and oxygen atoms in total. The maximum Gasteiger partial charge on any atom is 0.253 e. The van der Waals surface area contributed by atoms with E-state index in [1.807, 2.05) is 0 Å². The molecule has 3 amide bonds. The lowest BCUT2D eigenvalue weighted by atomic mass is 9.88. The van der Waals surface area contributed by atoms with Crippen molar-refractivity contribution in [3.63, 3.8) is 0 Å². The van der Waals surface area contributed by atoms with Gasteiger partial charge in [-0.05, 0) is 68.1 Å². The van der Waals surface area contributed by atoms with Gasteiger partial charge in [-0.1, -0.05) is 30.5 Å². The summed E-state index contributed by atoms with van der Waals surface area (Å²) in [5, 5.41) is 6.66. The summed E-state index contributed by atoms with van der Waals surface area (Å²) < 4.78 is 13.2. The lowest BCUT2D eigenvalue weighted by molar-refractivity contribution is -0.127. The van der Waals surface area contributed by atoms with Crippen LogP contribution in [0.25, 0.3) is 0 Å². The van der Waals surface area contributed by atoms with Crippen molar-refractivity contribution >= 4 is 29.3 Å². The summed E-state index contributed by atoms with van der Waals surface area (Å²) in [5.41, 5.74) is 0.906. The Morgan fingerprint density at radius 1 is 0.882 bits per heavy atom. The summed E-state index contributed by atoms with van der Waals surface area (Å²) in [6.45, 7) is 0.964. The van der Waals surface area contributed by atoms with Crippen molar-refractivity contribution in [2.75, 3.05) is 13.1 Å². The molecule has 0 radical (unpaired) electrons. The molecule has 34 heavy (non-hydrogen) atoms. The molecule has 4 rings (SSSR count). The highest BCUT2D eigenvalue weighted by Gasteiger charge is 2.33. The zero-order valence-corrected chi connectivity index (χ0v) is 19.7. The predicted octanol–water partition coefficient (Wildman–Crippen LogP) is 4.19. The topological polar surface area (TPSA) is 78.5 Å². The minimum Gasteiger partial charge on any atom is -0.351 e. The molecule has 1 saturated carbocycles. The number of likely N-dealkylation sites (tertiary alicyclic amines) is 1. The van der Waals surface area contributed by atoms with Gasteiger partial charge >= 0.3 is 0 Å². The number of carbonyl (C=O) groups excluding carboxylic acids is 3. The summed E-state index contributed by atoms with van der Waals surface area (Å²) in [7, 11) is 0. The first-order valence-electron chi connectivity index (χ1n) is 11.8. The van der Waals surface area contributed by atoms with Crippen molar-refractivity contribution in [1.29, 1.82) is 0 Å². The number of nitrogens with zero attached hydrogens (tertiary/aromatic N) is 1. The van der Waals surface area contributed by atoms with Crippen LogP contribution in [0.5, 0.6) is 0 Å². The van der Waals surface area contributed by atoms with Gasteiger partial charge in [0.25, 0.3) is 11.8 Å². The number of piperidine rings is 1. The summed E-state index contributed by atoms with van der Waals surface area (Å²) in [5.74, 6) is -1.18. The van der Waals surface area contributed by atoms with E-state index < -0.39 is 5.82 Å². The van der Waals surface area contributed by atoms with Crippen LogP contribution in [0.15, 0.2) is 48.5 Å². The monoisotopic (exact) mass is 485 g/mol. The molecule has 2 aromatic carbocycles. The zero-order chi connectivity index (χ0) is 24.1. The average molecular weight is 486 g/mol. The third-order valence-electron chi connectivity index (χ3n) is 6.67. The number of rotatable bonds is 5. The highest BCUT2D eigenvalue weighted by molar-refractivity contribution is 6.30. The average Bonchev–Trinajstić information content (AvgIpc) is 2.85. The highest BCUT2D eigenvalue weighted by atomic mass is 35.5. The smallest absolute Gasteiger partial charge is 0.253 e. The molecule has 2 N–H and O–H groups in total.